The molecule has 0 fully saturated rings. The fourth-order valence-electron chi connectivity index (χ4n) is 2.61. The van der Waals surface area contributed by atoms with Crippen molar-refractivity contribution in [3.8, 4) is 0 Å². The highest BCUT2D eigenvalue weighted by molar-refractivity contribution is 4.57. The molecular weight excluding hydrogens is 230 g/mol. The van der Waals surface area contributed by atoms with Crippen LogP contribution in [0.15, 0.2) is 0 Å². The molecule has 19 heavy (non-hydrogen) atoms. The number of nitrogens with one attached hydrogen (secondary N) is 1. The average molecular weight is 270 g/mol. The van der Waals surface area contributed by atoms with Crippen molar-refractivity contribution in [1.29, 1.82) is 0 Å². The zero-order valence-electron chi connectivity index (χ0n) is 14.0. The first-order valence-corrected chi connectivity index (χ1v) is 9.02. The molecule has 1 N–H and O–H groups in total. The third-order valence-corrected chi connectivity index (χ3v) is 3.97. The van der Waals surface area contributed by atoms with E-state index in [9.17, 15) is 0 Å². The van der Waals surface area contributed by atoms with E-state index in [1.165, 1.54) is 90.1 Å². The molecule has 1 heteroatoms. The van der Waals surface area contributed by atoms with Crippen LogP contribution in [0.2, 0.25) is 0 Å². The van der Waals surface area contributed by atoms with E-state index >= 15 is 0 Å². The van der Waals surface area contributed by atoms with Crippen LogP contribution in [0.4, 0.5) is 0 Å². The molecule has 0 aliphatic rings. The van der Waals surface area contributed by atoms with Gasteiger partial charge in [0.15, 0.2) is 0 Å². The van der Waals surface area contributed by atoms with Crippen molar-refractivity contribution >= 4 is 0 Å². The van der Waals surface area contributed by atoms with E-state index in [4.69, 9.17) is 0 Å². The Morgan fingerprint density at radius 2 is 1.21 bits per heavy atom. The molecule has 0 saturated carbocycles. The quantitative estimate of drug-likeness (QED) is 0.363. The predicted octanol–water partition coefficient (Wildman–Crippen LogP) is 5.93. The van der Waals surface area contributed by atoms with Gasteiger partial charge in [0.1, 0.15) is 0 Å². The van der Waals surface area contributed by atoms with E-state index in [1.807, 2.05) is 0 Å². The van der Waals surface area contributed by atoms with E-state index < -0.39 is 0 Å². The highest BCUT2D eigenvalue weighted by atomic mass is 14.8. The van der Waals surface area contributed by atoms with Gasteiger partial charge >= 0.3 is 0 Å². The lowest BCUT2D eigenvalue weighted by Gasteiger charge is -2.11. The van der Waals surface area contributed by atoms with Gasteiger partial charge in [-0.1, -0.05) is 85.0 Å². The molecular formula is C18H39N. The van der Waals surface area contributed by atoms with Crippen LogP contribution in [0.25, 0.3) is 0 Å². The van der Waals surface area contributed by atoms with Gasteiger partial charge in [0.25, 0.3) is 0 Å². The zero-order valence-corrected chi connectivity index (χ0v) is 14.0. The predicted molar refractivity (Wildman–Crippen MR) is 88.8 cm³/mol. The topological polar surface area (TPSA) is 12.0 Å². The maximum Gasteiger partial charge on any atom is -0.00232 e. The van der Waals surface area contributed by atoms with Gasteiger partial charge in [-0.25, -0.2) is 0 Å². The maximum atomic E-state index is 3.52. The molecule has 1 unspecified atom stereocenters. The van der Waals surface area contributed by atoms with E-state index in [2.05, 4.69) is 26.1 Å². The first-order chi connectivity index (χ1) is 9.31. The molecule has 1 atom stereocenters. The van der Waals surface area contributed by atoms with Crippen molar-refractivity contribution < 1.29 is 0 Å². The molecule has 0 saturated heterocycles. The van der Waals surface area contributed by atoms with Gasteiger partial charge in [0, 0.05) is 0 Å². The Labute approximate surface area is 122 Å². The Kier molecular flexibility index (Phi) is 16.0. The molecule has 0 aliphatic heterocycles. The lowest BCUT2D eigenvalue weighted by molar-refractivity contribution is 0.450. The molecule has 1 nitrogen and oxygen atoms in total. The SMILES string of the molecule is CCCCCCCCCCCCC(C)CNCCC. The molecule has 0 radical (unpaired) electrons. The van der Waals surface area contributed by atoms with E-state index in [1.54, 1.807) is 0 Å². The van der Waals surface area contributed by atoms with E-state index in [0.717, 1.165) is 5.92 Å². The second kappa shape index (κ2) is 16.0. The van der Waals surface area contributed by atoms with Crippen molar-refractivity contribution in [1.82, 2.24) is 5.32 Å². The summed E-state index contributed by atoms with van der Waals surface area (Å²) < 4.78 is 0. The van der Waals surface area contributed by atoms with Crippen LogP contribution in [0.1, 0.15) is 97.8 Å². The molecule has 116 valence electrons. The highest BCUT2D eigenvalue weighted by Gasteiger charge is 2.00. The standard InChI is InChI=1S/C18H39N/c1-4-6-7-8-9-10-11-12-13-14-15-18(3)17-19-16-5-2/h18-19H,4-17H2,1-3H3. The summed E-state index contributed by atoms with van der Waals surface area (Å²) in [5, 5.41) is 3.52. The van der Waals surface area contributed by atoms with Crippen molar-refractivity contribution in [2.45, 2.75) is 97.8 Å². The largest absolute Gasteiger partial charge is 0.316 e. The van der Waals surface area contributed by atoms with Crippen molar-refractivity contribution in [3.63, 3.8) is 0 Å². The summed E-state index contributed by atoms with van der Waals surface area (Å²) in [6.45, 7) is 9.31. The number of unbranched alkanes of at least 4 members (excludes halogenated alkanes) is 9. The van der Waals surface area contributed by atoms with Gasteiger partial charge < -0.3 is 5.32 Å². The monoisotopic (exact) mass is 269 g/mol. The first-order valence-electron chi connectivity index (χ1n) is 9.02. The van der Waals surface area contributed by atoms with Crippen LogP contribution in [0, 0.1) is 5.92 Å². The zero-order chi connectivity index (χ0) is 14.2. The Morgan fingerprint density at radius 1 is 0.684 bits per heavy atom. The van der Waals surface area contributed by atoms with Crippen LogP contribution in [-0.4, -0.2) is 13.1 Å². The fourth-order valence-corrected chi connectivity index (χ4v) is 2.61. The Morgan fingerprint density at radius 3 is 1.74 bits per heavy atom. The highest BCUT2D eigenvalue weighted by Crippen LogP contribution is 2.13. The van der Waals surface area contributed by atoms with Crippen LogP contribution in [0.3, 0.4) is 0 Å². The summed E-state index contributed by atoms with van der Waals surface area (Å²) in [6, 6.07) is 0. The van der Waals surface area contributed by atoms with Gasteiger partial charge in [-0.2, -0.15) is 0 Å². The van der Waals surface area contributed by atoms with Gasteiger partial charge in [-0.05, 0) is 31.8 Å². The molecule has 0 bridgehead atoms. The molecule has 0 amide bonds. The summed E-state index contributed by atoms with van der Waals surface area (Å²) in [5.41, 5.74) is 0. The molecule has 0 aromatic rings. The summed E-state index contributed by atoms with van der Waals surface area (Å²) in [7, 11) is 0. The van der Waals surface area contributed by atoms with E-state index in [-0.39, 0.29) is 0 Å². The number of hydrogen-bond acceptors (Lipinski definition) is 1. The Bertz CT molecular complexity index is 156. The smallest absolute Gasteiger partial charge is 0.00232 e. The summed E-state index contributed by atoms with van der Waals surface area (Å²) in [4.78, 5) is 0. The fraction of sp³-hybridized carbons (Fsp3) is 1.00. The third-order valence-electron chi connectivity index (χ3n) is 3.97. The van der Waals surface area contributed by atoms with Crippen LogP contribution in [0.5, 0.6) is 0 Å². The average Bonchev–Trinajstić information content (AvgIpc) is 2.41. The van der Waals surface area contributed by atoms with Crippen LogP contribution in [-0.2, 0) is 0 Å². The Balaban J connectivity index is 3.05. The molecule has 0 heterocycles. The number of rotatable bonds is 15. The van der Waals surface area contributed by atoms with Crippen LogP contribution < -0.4 is 5.32 Å². The van der Waals surface area contributed by atoms with Crippen molar-refractivity contribution in [2.75, 3.05) is 13.1 Å². The van der Waals surface area contributed by atoms with Gasteiger partial charge in [0.05, 0.1) is 0 Å². The normalized spacial score (nSPS) is 12.8. The second-order valence-electron chi connectivity index (χ2n) is 6.28. The molecule has 0 aromatic carbocycles. The lowest BCUT2D eigenvalue weighted by Crippen LogP contribution is -2.21. The molecule has 0 aromatic heterocycles. The van der Waals surface area contributed by atoms with Crippen molar-refractivity contribution in [2.24, 2.45) is 5.92 Å². The third kappa shape index (κ3) is 15.9. The van der Waals surface area contributed by atoms with Gasteiger partial charge in [0.2, 0.25) is 0 Å². The minimum Gasteiger partial charge on any atom is -0.316 e. The molecule has 0 aliphatic carbocycles. The maximum absolute atomic E-state index is 3.52. The first kappa shape index (κ1) is 19.0. The minimum atomic E-state index is 0.862. The number of hydrogen-bond donors (Lipinski definition) is 1. The van der Waals surface area contributed by atoms with Crippen LogP contribution >= 0.6 is 0 Å². The van der Waals surface area contributed by atoms with Crippen molar-refractivity contribution in [3.05, 3.63) is 0 Å². The van der Waals surface area contributed by atoms with Gasteiger partial charge in [-0.3, -0.25) is 0 Å². The summed E-state index contributed by atoms with van der Waals surface area (Å²) in [6.07, 6.45) is 17.1. The molecule has 0 spiro atoms. The minimum absolute atomic E-state index is 0.862. The summed E-state index contributed by atoms with van der Waals surface area (Å²) in [5.74, 6) is 0.862. The molecule has 0 rings (SSSR count). The second-order valence-corrected chi connectivity index (χ2v) is 6.28. The van der Waals surface area contributed by atoms with Gasteiger partial charge in [-0.15, -0.1) is 0 Å². The lowest BCUT2D eigenvalue weighted by atomic mass is 10.0. The van der Waals surface area contributed by atoms with E-state index in [0.29, 0.717) is 0 Å². The summed E-state index contributed by atoms with van der Waals surface area (Å²) >= 11 is 0. The Hall–Kier alpha value is -0.0400.